The Morgan fingerprint density at radius 2 is 2.13 bits per heavy atom. The predicted molar refractivity (Wildman–Crippen MR) is 60.5 cm³/mol. The van der Waals surface area contributed by atoms with Crippen LogP contribution in [0.4, 0.5) is 5.69 Å². The van der Waals surface area contributed by atoms with Crippen molar-refractivity contribution in [3.05, 3.63) is 18.2 Å². The van der Waals surface area contributed by atoms with Crippen LogP contribution < -0.4 is 14.8 Å². The van der Waals surface area contributed by atoms with Gasteiger partial charge in [0.1, 0.15) is 0 Å². The first-order valence-corrected chi connectivity index (χ1v) is 5.43. The second kappa shape index (κ2) is 4.43. The van der Waals surface area contributed by atoms with Crippen molar-refractivity contribution in [2.75, 3.05) is 18.7 Å². The van der Waals surface area contributed by atoms with Crippen LogP contribution in [0.2, 0.25) is 0 Å². The minimum absolute atomic E-state index is 0.337. The third-order valence-corrected chi connectivity index (χ3v) is 2.72. The fraction of sp³-hybridized carbons (Fsp3) is 0.500. The van der Waals surface area contributed by atoms with E-state index in [1.165, 1.54) is 6.42 Å². The molecule has 0 bridgehead atoms. The lowest BCUT2D eigenvalue weighted by Crippen LogP contribution is -2.09. The van der Waals surface area contributed by atoms with Gasteiger partial charge >= 0.3 is 0 Å². The Labute approximate surface area is 90.4 Å². The molecule has 1 heterocycles. The van der Waals surface area contributed by atoms with Gasteiger partial charge in [-0.25, -0.2) is 0 Å². The Morgan fingerprint density at radius 3 is 2.93 bits per heavy atom. The molecule has 1 aromatic rings. The lowest BCUT2D eigenvalue weighted by atomic mass is 10.1. The molecule has 1 aromatic carbocycles. The summed E-state index contributed by atoms with van der Waals surface area (Å²) >= 11 is 0. The van der Waals surface area contributed by atoms with E-state index < -0.39 is 0 Å². The molecular formula is C12H17NO2. The summed E-state index contributed by atoms with van der Waals surface area (Å²) in [6, 6.07) is 5.96. The number of nitrogens with one attached hydrogen (secondary N) is 1. The van der Waals surface area contributed by atoms with E-state index in [1.54, 1.807) is 0 Å². The van der Waals surface area contributed by atoms with Crippen molar-refractivity contribution in [1.82, 2.24) is 0 Å². The zero-order chi connectivity index (χ0) is 10.7. The Kier molecular flexibility index (Phi) is 2.99. The number of hydrogen-bond donors (Lipinski definition) is 1. The molecule has 0 saturated heterocycles. The summed E-state index contributed by atoms with van der Waals surface area (Å²) in [6.07, 6.45) is 1.19. The van der Waals surface area contributed by atoms with Crippen LogP contribution in [0.25, 0.3) is 0 Å². The molecule has 0 unspecified atom stereocenters. The molecule has 15 heavy (non-hydrogen) atoms. The highest BCUT2D eigenvalue weighted by Gasteiger charge is 2.12. The van der Waals surface area contributed by atoms with Gasteiger partial charge in [-0.05, 0) is 18.1 Å². The fourth-order valence-electron chi connectivity index (χ4n) is 1.44. The monoisotopic (exact) mass is 207 g/mol. The van der Waals surface area contributed by atoms with Crippen LogP contribution in [0.15, 0.2) is 18.2 Å². The van der Waals surface area contributed by atoms with Crippen LogP contribution in [0.5, 0.6) is 11.5 Å². The summed E-state index contributed by atoms with van der Waals surface area (Å²) in [7, 11) is 0. The molecule has 2 rings (SSSR count). The zero-order valence-corrected chi connectivity index (χ0v) is 9.25. The minimum atomic E-state index is 0.337. The molecule has 0 radical (unpaired) electrons. The number of benzene rings is 1. The molecule has 0 amide bonds. The van der Waals surface area contributed by atoms with Gasteiger partial charge in [-0.15, -0.1) is 0 Å². The summed E-state index contributed by atoms with van der Waals surface area (Å²) in [6.45, 7) is 5.77. The number of fused-ring (bicyclic) bond motifs is 1. The average Bonchev–Trinajstić information content (AvgIpc) is 2.72. The van der Waals surface area contributed by atoms with Crippen LogP contribution in [0.1, 0.15) is 20.3 Å². The van der Waals surface area contributed by atoms with Gasteiger partial charge in [0, 0.05) is 18.3 Å². The first-order chi connectivity index (χ1) is 7.29. The molecule has 1 N–H and O–H groups in total. The summed E-state index contributed by atoms with van der Waals surface area (Å²) in [5.74, 6) is 2.36. The van der Waals surface area contributed by atoms with Crippen molar-refractivity contribution < 1.29 is 9.47 Å². The van der Waals surface area contributed by atoms with E-state index in [0.717, 1.165) is 23.7 Å². The van der Waals surface area contributed by atoms with E-state index in [2.05, 4.69) is 19.2 Å². The van der Waals surface area contributed by atoms with Crippen molar-refractivity contribution in [2.45, 2.75) is 20.3 Å². The van der Waals surface area contributed by atoms with Crippen LogP contribution in [0, 0.1) is 5.92 Å². The Balaban J connectivity index is 1.98. The lowest BCUT2D eigenvalue weighted by molar-refractivity contribution is 0.174. The number of hydrogen-bond acceptors (Lipinski definition) is 3. The van der Waals surface area contributed by atoms with E-state index >= 15 is 0 Å². The van der Waals surface area contributed by atoms with E-state index in [9.17, 15) is 0 Å². The number of ether oxygens (including phenoxy) is 2. The highest BCUT2D eigenvalue weighted by molar-refractivity contribution is 5.55. The molecule has 0 fully saturated rings. The predicted octanol–water partition coefficient (Wildman–Crippen LogP) is 2.87. The van der Waals surface area contributed by atoms with Gasteiger partial charge < -0.3 is 14.8 Å². The molecule has 3 heteroatoms. The van der Waals surface area contributed by atoms with Crippen molar-refractivity contribution in [3.63, 3.8) is 0 Å². The minimum Gasteiger partial charge on any atom is -0.454 e. The molecule has 82 valence electrons. The van der Waals surface area contributed by atoms with Crippen molar-refractivity contribution in [2.24, 2.45) is 5.92 Å². The largest absolute Gasteiger partial charge is 0.454 e. The second-order valence-corrected chi connectivity index (χ2v) is 3.96. The molecule has 0 aliphatic carbocycles. The van der Waals surface area contributed by atoms with Gasteiger partial charge in [0.15, 0.2) is 11.5 Å². The fourth-order valence-corrected chi connectivity index (χ4v) is 1.44. The quantitative estimate of drug-likeness (QED) is 0.823. The van der Waals surface area contributed by atoms with Gasteiger partial charge in [0.25, 0.3) is 0 Å². The van der Waals surface area contributed by atoms with Crippen LogP contribution in [0.3, 0.4) is 0 Å². The third-order valence-electron chi connectivity index (χ3n) is 2.72. The van der Waals surface area contributed by atoms with Crippen LogP contribution in [-0.2, 0) is 0 Å². The third kappa shape index (κ3) is 2.35. The summed E-state index contributed by atoms with van der Waals surface area (Å²) in [5, 5.41) is 3.39. The molecule has 1 aliphatic rings. The maximum absolute atomic E-state index is 5.31. The Hall–Kier alpha value is -1.38. The van der Waals surface area contributed by atoms with E-state index in [1.807, 2.05) is 18.2 Å². The summed E-state index contributed by atoms with van der Waals surface area (Å²) in [4.78, 5) is 0. The first-order valence-electron chi connectivity index (χ1n) is 5.43. The van der Waals surface area contributed by atoms with Gasteiger partial charge in [-0.1, -0.05) is 20.3 Å². The number of rotatable bonds is 4. The Bertz CT molecular complexity index is 338. The maximum Gasteiger partial charge on any atom is 0.231 e. The highest BCUT2D eigenvalue weighted by atomic mass is 16.7. The van der Waals surface area contributed by atoms with Crippen molar-refractivity contribution in [1.29, 1.82) is 0 Å². The standard InChI is InChI=1S/C12H17NO2/c1-3-9(2)7-13-10-4-5-11-12(6-10)15-8-14-11/h4-6,9,13H,3,7-8H2,1-2H3/t9-/m0/s1. The van der Waals surface area contributed by atoms with Crippen molar-refractivity contribution in [3.8, 4) is 11.5 Å². The van der Waals surface area contributed by atoms with E-state index in [-0.39, 0.29) is 0 Å². The smallest absolute Gasteiger partial charge is 0.231 e. The zero-order valence-electron chi connectivity index (χ0n) is 9.25. The summed E-state index contributed by atoms with van der Waals surface area (Å²) < 4.78 is 10.6. The second-order valence-electron chi connectivity index (χ2n) is 3.96. The Morgan fingerprint density at radius 1 is 1.33 bits per heavy atom. The SMILES string of the molecule is CC[C@H](C)CNc1ccc2c(c1)OCO2. The first kappa shape index (κ1) is 10.1. The van der Waals surface area contributed by atoms with Gasteiger partial charge in [0.2, 0.25) is 6.79 Å². The van der Waals surface area contributed by atoms with Gasteiger partial charge in [0.05, 0.1) is 0 Å². The highest BCUT2D eigenvalue weighted by Crippen LogP contribution is 2.34. The molecular weight excluding hydrogens is 190 g/mol. The van der Waals surface area contributed by atoms with E-state index in [4.69, 9.17) is 9.47 Å². The lowest BCUT2D eigenvalue weighted by Gasteiger charge is -2.11. The molecule has 1 aliphatic heterocycles. The average molecular weight is 207 g/mol. The van der Waals surface area contributed by atoms with Crippen LogP contribution in [-0.4, -0.2) is 13.3 Å². The normalized spacial score (nSPS) is 15.1. The molecule has 0 saturated carbocycles. The van der Waals surface area contributed by atoms with E-state index in [0.29, 0.717) is 12.7 Å². The molecule has 3 nitrogen and oxygen atoms in total. The molecule has 0 aromatic heterocycles. The molecule has 1 atom stereocenters. The van der Waals surface area contributed by atoms with Crippen LogP contribution >= 0.6 is 0 Å². The van der Waals surface area contributed by atoms with Crippen molar-refractivity contribution >= 4 is 5.69 Å². The molecule has 0 spiro atoms. The number of anilines is 1. The van der Waals surface area contributed by atoms with Gasteiger partial charge in [-0.3, -0.25) is 0 Å². The topological polar surface area (TPSA) is 30.5 Å². The van der Waals surface area contributed by atoms with Gasteiger partial charge in [-0.2, -0.15) is 0 Å². The summed E-state index contributed by atoms with van der Waals surface area (Å²) in [5.41, 5.74) is 1.10. The maximum atomic E-state index is 5.31.